The number of imide groups is 1. The SMILES string of the molecule is CCc1cccc(CC)c1N1C(=O)C2C(c3cccc(OC)c3OCc3ccccc3)NC(C(=O)O)(c3ccccc3)C2C1=O. The normalized spacial score (nSPS) is 22.4. The summed E-state index contributed by atoms with van der Waals surface area (Å²) in [6, 6.07) is 28.5. The van der Waals surface area contributed by atoms with E-state index in [9.17, 15) is 19.5 Å². The lowest BCUT2D eigenvalue weighted by Gasteiger charge is -2.32. The Labute approximate surface area is 262 Å². The molecule has 45 heavy (non-hydrogen) atoms. The molecule has 2 fully saturated rings. The third-order valence-electron chi connectivity index (χ3n) is 9.11. The number of fused-ring (bicyclic) bond motifs is 1. The molecule has 8 nitrogen and oxygen atoms in total. The van der Waals surface area contributed by atoms with Gasteiger partial charge in [0.25, 0.3) is 0 Å². The largest absolute Gasteiger partial charge is 0.493 e. The first-order valence-electron chi connectivity index (χ1n) is 15.3. The van der Waals surface area contributed by atoms with Crippen molar-refractivity contribution in [1.82, 2.24) is 5.32 Å². The second-order valence-electron chi connectivity index (χ2n) is 11.4. The molecular weight excluding hydrogens is 568 g/mol. The van der Waals surface area contributed by atoms with Crippen LogP contribution in [-0.2, 0) is 39.4 Å². The number of hydrogen-bond acceptors (Lipinski definition) is 6. The minimum Gasteiger partial charge on any atom is -0.493 e. The number of amides is 2. The Morgan fingerprint density at radius 1 is 0.844 bits per heavy atom. The van der Waals surface area contributed by atoms with Crippen LogP contribution in [0.25, 0.3) is 0 Å². The number of benzene rings is 4. The maximum Gasteiger partial charge on any atom is 0.329 e. The molecule has 0 bridgehead atoms. The number of aliphatic carboxylic acids is 1. The van der Waals surface area contributed by atoms with E-state index < -0.39 is 41.2 Å². The number of hydrogen-bond donors (Lipinski definition) is 2. The molecule has 8 heteroatoms. The molecule has 2 amide bonds. The van der Waals surface area contributed by atoms with Gasteiger partial charge >= 0.3 is 5.97 Å². The van der Waals surface area contributed by atoms with Crippen molar-refractivity contribution >= 4 is 23.5 Å². The fourth-order valence-electron chi connectivity index (χ4n) is 7.01. The summed E-state index contributed by atoms with van der Waals surface area (Å²) in [5.41, 5.74) is 2.25. The van der Waals surface area contributed by atoms with Gasteiger partial charge in [0.15, 0.2) is 17.0 Å². The number of nitrogens with one attached hydrogen (secondary N) is 1. The third-order valence-corrected chi connectivity index (χ3v) is 9.11. The van der Waals surface area contributed by atoms with Crippen molar-refractivity contribution in [3.63, 3.8) is 0 Å². The monoisotopic (exact) mass is 604 g/mol. The maximum absolute atomic E-state index is 14.7. The van der Waals surface area contributed by atoms with Crippen molar-refractivity contribution in [3.05, 3.63) is 125 Å². The van der Waals surface area contributed by atoms with Gasteiger partial charge in [-0.15, -0.1) is 0 Å². The number of carbonyl (C=O) groups is 3. The van der Waals surface area contributed by atoms with Crippen LogP contribution in [0.5, 0.6) is 11.5 Å². The van der Waals surface area contributed by atoms with Gasteiger partial charge in [0.05, 0.1) is 24.6 Å². The van der Waals surface area contributed by atoms with Crippen LogP contribution in [0.3, 0.4) is 0 Å². The highest BCUT2D eigenvalue weighted by Crippen LogP contribution is 2.56. The molecule has 6 rings (SSSR count). The number of carbonyl (C=O) groups excluding carboxylic acids is 2. The molecule has 230 valence electrons. The van der Waals surface area contributed by atoms with Crippen molar-refractivity contribution in [1.29, 1.82) is 0 Å². The number of aryl methyl sites for hydroxylation is 2. The maximum atomic E-state index is 14.7. The predicted molar refractivity (Wildman–Crippen MR) is 170 cm³/mol. The third kappa shape index (κ3) is 4.86. The minimum absolute atomic E-state index is 0.223. The fourth-order valence-corrected chi connectivity index (χ4v) is 7.01. The Bertz CT molecular complexity index is 1720. The molecule has 2 heterocycles. The lowest BCUT2D eigenvalue weighted by Crippen LogP contribution is -2.53. The molecule has 4 unspecified atom stereocenters. The Hall–Kier alpha value is -4.95. The number of carboxylic acids is 1. The number of rotatable bonds is 10. The number of anilines is 1. The van der Waals surface area contributed by atoms with E-state index in [0.717, 1.165) is 16.7 Å². The highest BCUT2D eigenvalue weighted by molar-refractivity contribution is 6.25. The second kappa shape index (κ2) is 12.2. The first-order valence-corrected chi connectivity index (χ1v) is 15.3. The molecule has 0 spiro atoms. The van der Waals surface area contributed by atoms with Crippen LogP contribution in [-0.4, -0.2) is 30.0 Å². The number of para-hydroxylation sites is 2. The van der Waals surface area contributed by atoms with Crippen LogP contribution < -0.4 is 19.7 Å². The average Bonchev–Trinajstić information content (AvgIpc) is 3.57. The molecule has 2 aliphatic heterocycles. The molecule has 4 atom stereocenters. The predicted octanol–water partition coefficient (Wildman–Crippen LogP) is 5.83. The summed E-state index contributed by atoms with van der Waals surface area (Å²) in [7, 11) is 1.53. The van der Waals surface area contributed by atoms with Gasteiger partial charge in [-0.25, -0.2) is 9.69 Å². The number of carboxylic acid groups (broad SMARTS) is 1. The molecule has 0 aromatic heterocycles. The summed E-state index contributed by atoms with van der Waals surface area (Å²) in [4.78, 5) is 44.1. The zero-order chi connectivity index (χ0) is 31.7. The topological polar surface area (TPSA) is 105 Å². The van der Waals surface area contributed by atoms with Gasteiger partial charge < -0.3 is 14.6 Å². The van der Waals surface area contributed by atoms with E-state index in [0.29, 0.717) is 41.2 Å². The summed E-state index contributed by atoms with van der Waals surface area (Å²) < 4.78 is 12.1. The standard InChI is InChI=1S/C37H36N2O6/c1-4-24-16-12-17-25(5-2)32(24)39-34(40)29-30(35(39)41)37(36(42)43,26-18-10-7-11-19-26)38-31(29)27-20-13-21-28(44-3)33(27)45-22-23-14-8-6-9-15-23/h6-21,29-31,38H,4-5,22H2,1-3H3,(H,42,43). The van der Waals surface area contributed by atoms with Crippen molar-refractivity contribution in [3.8, 4) is 11.5 Å². The molecule has 0 radical (unpaired) electrons. The lowest BCUT2D eigenvalue weighted by atomic mass is 9.75. The Kier molecular flexibility index (Phi) is 8.16. The molecule has 2 N–H and O–H groups in total. The zero-order valence-corrected chi connectivity index (χ0v) is 25.5. The first kappa shape index (κ1) is 30.1. The molecule has 4 aromatic carbocycles. The van der Waals surface area contributed by atoms with Gasteiger partial charge in [0.2, 0.25) is 11.8 Å². The quantitative estimate of drug-likeness (QED) is 0.220. The van der Waals surface area contributed by atoms with Gasteiger partial charge in [-0.2, -0.15) is 0 Å². The molecular formula is C37H36N2O6. The molecule has 2 aliphatic rings. The molecule has 0 aliphatic carbocycles. The summed E-state index contributed by atoms with van der Waals surface area (Å²) in [5, 5.41) is 14.3. The molecule has 2 saturated heterocycles. The van der Waals surface area contributed by atoms with Crippen LogP contribution in [0.2, 0.25) is 0 Å². The fraction of sp³-hybridized carbons (Fsp3) is 0.270. The molecule has 0 saturated carbocycles. The lowest BCUT2D eigenvalue weighted by molar-refractivity contribution is -0.149. The van der Waals surface area contributed by atoms with Crippen LogP contribution in [0.1, 0.15) is 47.7 Å². The number of methoxy groups -OCH3 is 1. The Balaban J connectivity index is 1.55. The summed E-state index contributed by atoms with van der Waals surface area (Å²) >= 11 is 0. The Morgan fingerprint density at radius 3 is 2.07 bits per heavy atom. The van der Waals surface area contributed by atoms with Crippen LogP contribution in [0, 0.1) is 11.8 Å². The van der Waals surface area contributed by atoms with Crippen LogP contribution in [0.4, 0.5) is 5.69 Å². The number of nitrogens with zero attached hydrogens (tertiary/aromatic N) is 1. The summed E-state index contributed by atoms with van der Waals surface area (Å²) in [5.74, 6) is -3.63. The number of ether oxygens (including phenoxy) is 2. The van der Waals surface area contributed by atoms with E-state index in [1.807, 2.05) is 62.4 Å². The smallest absolute Gasteiger partial charge is 0.329 e. The van der Waals surface area contributed by atoms with E-state index in [1.54, 1.807) is 48.5 Å². The Morgan fingerprint density at radius 2 is 1.47 bits per heavy atom. The molecule has 4 aromatic rings. The van der Waals surface area contributed by atoms with Crippen LogP contribution in [0.15, 0.2) is 97.1 Å². The van der Waals surface area contributed by atoms with Crippen molar-refractivity contribution in [2.75, 3.05) is 12.0 Å². The van der Waals surface area contributed by atoms with Crippen molar-refractivity contribution < 1.29 is 29.0 Å². The van der Waals surface area contributed by atoms with Gasteiger partial charge in [-0.3, -0.25) is 14.9 Å². The van der Waals surface area contributed by atoms with Crippen LogP contribution >= 0.6 is 0 Å². The van der Waals surface area contributed by atoms with E-state index in [2.05, 4.69) is 5.32 Å². The second-order valence-corrected chi connectivity index (χ2v) is 11.4. The summed E-state index contributed by atoms with van der Waals surface area (Å²) in [6.45, 7) is 4.18. The zero-order valence-electron chi connectivity index (χ0n) is 25.5. The van der Waals surface area contributed by atoms with E-state index in [-0.39, 0.29) is 6.61 Å². The van der Waals surface area contributed by atoms with Gasteiger partial charge in [0, 0.05) is 11.6 Å². The first-order chi connectivity index (χ1) is 21.9. The average molecular weight is 605 g/mol. The van der Waals surface area contributed by atoms with E-state index in [4.69, 9.17) is 9.47 Å². The highest BCUT2D eigenvalue weighted by Gasteiger charge is 2.70. The summed E-state index contributed by atoms with van der Waals surface area (Å²) in [6.07, 6.45) is 1.21. The van der Waals surface area contributed by atoms with E-state index in [1.165, 1.54) is 12.0 Å². The van der Waals surface area contributed by atoms with Gasteiger partial charge in [-0.1, -0.05) is 105 Å². The van der Waals surface area contributed by atoms with E-state index >= 15 is 0 Å². The highest BCUT2D eigenvalue weighted by atomic mass is 16.5. The van der Waals surface area contributed by atoms with Gasteiger partial charge in [-0.05, 0) is 41.2 Å². The van der Waals surface area contributed by atoms with Crippen molar-refractivity contribution in [2.45, 2.75) is 44.9 Å². The van der Waals surface area contributed by atoms with Gasteiger partial charge in [0.1, 0.15) is 6.61 Å². The van der Waals surface area contributed by atoms with Crippen molar-refractivity contribution in [2.24, 2.45) is 11.8 Å². The minimum atomic E-state index is -1.88.